The third-order valence-electron chi connectivity index (χ3n) is 3.81. The lowest BCUT2D eigenvalue weighted by Gasteiger charge is -2.14. The van der Waals surface area contributed by atoms with Crippen molar-refractivity contribution < 1.29 is 4.42 Å². The van der Waals surface area contributed by atoms with Gasteiger partial charge in [-0.3, -0.25) is 10.00 Å². The fourth-order valence-corrected chi connectivity index (χ4v) is 2.77. The Morgan fingerprint density at radius 1 is 1.35 bits per heavy atom. The number of aryl methyl sites for hydroxylation is 1. The highest BCUT2D eigenvalue weighted by Gasteiger charge is 2.19. The van der Waals surface area contributed by atoms with Crippen molar-refractivity contribution in [2.75, 3.05) is 7.05 Å². The van der Waals surface area contributed by atoms with Crippen LogP contribution in [0.3, 0.4) is 0 Å². The highest BCUT2D eigenvalue weighted by molar-refractivity contribution is 5.29. The van der Waals surface area contributed by atoms with Gasteiger partial charge in [-0.15, -0.1) is 0 Å². The van der Waals surface area contributed by atoms with Crippen LogP contribution in [-0.4, -0.2) is 27.1 Å². The minimum Gasteiger partial charge on any atom is -0.448 e. The van der Waals surface area contributed by atoms with E-state index in [2.05, 4.69) is 41.0 Å². The van der Waals surface area contributed by atoms with E-state index in [1.165, 1.54) is 23.4 Å². The van der Waals surface area contributed by atoms with Crippen molar-refractivity contribution in [3.63, 3.8) is 0 Å². The number of nitrogens with one attached hydrogen (secondary N) is 1. The monoisotopic (exact) mass is 274 g/mol. The van der Waals surface area contributed by atoms with Gasteiger partial charge in [0.05, 0.1) is 11.4 Å². The van der Waals surface area contributed by atoms with Crippen molar-refractivity contribution in [3.8, 4) is 0 Å². The molecule has 1 aliphatic rings. The second-order valence-electron chi connectivity index (χ2n) is 5.99. The van der Waals surface area contributed by atoms with Gasteiger partial charge in [-0.05, 0) is 31.9 Å². The second kappa shape index (κ2) is 5.40. The van der Waals surface area contributed by atoms with Crippen LogP contribution in [0.4, 0.5) is 0 Å². The number of nitrogens with zero attached hydrogens (tertiary/aromatic N) is 3. The first kappa shape index (κ1) is 13.4. The van der Waals surface area contributed by atoms with Crippen molar-refractivity contribution in [3.05, 3.63) is 34.8 Å². The Labute approximate surface area is 119 Å². The van der Waals surface area contributed by atoms with Crippen LogP contribution >= 0.6 is 0 Å². The maximum Gasteiger partial charge on any atom is 0.196 e. The molecule has 0 unspecified atom stereocenters. The Morgan fingerprint density at radius 3 is 2.95 bits per heavy atom. The highest BCUT2D eigenvalue weighted by Crippen LogP contribution is 2.23. The molecule has 1 N–H and O–H groups in total. The van der Waals surface area contributed by atoms with Crippen LogP contribution in [0, 0.1) is 0 Å². The summed E-state index contributed by atoms with van der Waals surface area (Å²) in [7, 11) is 2.10. The smallest absolute Gasteiger partial charge is 0.196 e. The number of H-pyrrole nitrogens is 1. The van der Waals surface area contributed by atoms with E-state index in [0.29, 0.717) is 5.92 Å². The van der Waals surface area contributed by atoms with Gasteiger partial charge in [0.1, 0.15) is 6.26 Å². The number of hydrogen-bond acceptors (Lipinski definition) is 4. The summed E-state index contributed by atoms with van der Waals surface area (Å²) < 4.78 is 5.48. The molecule has 5 nitrogen and oxygen atoms in total. The summed E-state index contributed by atoms with van der Waals surface area (Å²) in [5.41, 5.74) is 4.94. The van der Waals surface area contributed by atoms with Crippen molar-refractivity contribution in [2.45, 2.75) is 52.1 Å². The number of hydrogen-bond donors (Lipinski definition) is 1. The summed E-state index contributed by atoms with van der Waals surface area (Å²) in [4.78, 5) is 6.75. The molecule has 0 radical (unpaired) electrons. The molecule has 2 aromatic rings. The van der Waals surface area contributed by atoms with E-state index in [1.807, 2.05) is 0 Å². The Morgan fingerprint density at radius 2 is 2.20 bits per heavy atom. The molecule has 0 saturated heterocycles. The van der Waals surface area contributed by atoms with E-state index in [0.717, 1.165) is 37.5 Å². The third kappa shape index (κ3) is 2.63. The standard InChI is InChI=1S/C15H22N4O/c1-10(2)15-16-11(9-20-15)7-19(3)8-14-12-5-4-6-13(12)17-18-14/h9-10H,4-8H2,1-3H3,(H,17,18). The van der Waals surface area contributed by atoms with Gasteiger partial charge in [0.25, 0.3) is 0 Å². The molecule has 0 bridgehead atoms. The van der Waals surface area contributed by atoms with Crippen LogP contribution in [-0.2, 0) is 25.9 Å². The van der Waals surface area contributed by atoms with Gasteiger partial charge in [0.2, 0.25) is 0 Å². The van der Waals surface area contributed by atoms with Gasteiger partial charge in [-0.2, -0.15) is 5.10 Å². The molecular formula is C15H22N4O. The Bertz CT molecular complexity index is 584. The minimum absolute atomic E-state index is 0.337. The normalized spacial score (nSPS) is 14.4. The molecule has 0 aromatic carbocycles. The van der Waals surface area contributed by atoms with Crippen LogP contribution in [0.2, 0.25) is 0 Å². The van der Waals surface area contributed by atoms with Crippen molar-refractivity contribution >= 4 is 0 Å². The summed E-state index contributed by atoms with van der Waals surface area (Å²) >= 11 is 0. The zero-order valence-electron chi connectivity index (χ0n) is 12.4. The average molecular weight is 274 g/mol. The maximum atomic E-state index is 5.48. The zero-order valence-corrected chi connectivity index (χ0v) is 12.4. The molecule has 20 heavy (non-hydrogen) atoms. The summed E-state index contributed by atoms with van der Waals surface area (Å²) in [6, 6.07) is 0. The lowest BCUT2D eigenvalue weighted by Crippen LogP contribution is -2.18. The van der Waals surface area contributed by atoms with E-state index in [9.17, 15) is 0 Å². The number of aromatic amines is 1. The Balaban J connectivity index is 1.62. The van der Waals surface area contributed by atoms with Crippen molar-refractivity contribution in [1.82, 2.24) is 20.1 Å². The predicted molar refractivity (Wildman–Crippen MR) is 76.4 cm³/mol. The quantitative estimate of drug-likeness (QED) is 0.910. The molecule has 2 aromatic heterocycles. The lowest BCUT2D eigenvalue weighted by molar-refractivity contribution is 0.309. The lowest BCUT2D eigenvalue weighted by atomic mass is 10.2. The molecule has 3 rings (SSSR count). The summed E-state index contributed by atoms with van der Waals surface area (Å²) in [6.07, 6.45) is 5.33. The van der Waals surface area contributed by atoms with Gasteiger partial charge in [0, 0.05) is 24.7 Å². The highest BCUT2D eigenvalue weighted by atomic mass is 16.3. The van der Waals surface area contributed by atoms with E-state index in [1.54, 1.807) is 6.26 Å². The first-order chi connectivity index (χ1) is 9.63. The van der Waals surface area contributed by atoms with Crippen LogP contribution < -0.4 is 0 Å². The first-order valence-corrected chi connectivity index (χ1v) is 7.31. The van der Waals surface area contributed by atoms with Gasteiger partial charge in [-0.1, -0.05) is 13.8 Å². The van der Waals surface area contributed by atoms with Gasteiger partial charge >= 0.3 is 0 Å². The van der Waals surface area contributed by atoms with Crippen LogP contribution in [0.15, 0.2) is 10.7 Å². The molecule has 108 valence electrons. The van der Waals surface area contributed by atoms with Crippen LogP contribution in [0.5, 0.6) is 0 Å². The minimum atomic E-state index is 0.337. The second-order valence-corrected chi connectivity index (χ2v) is 5.99. The summed E-state index contributed by atoms with van der Waals surface area (Å²) in [5.74, 6) is 1.15. The molecule has 2 heterocycles. The molecule has 0 atom stereocenters. The van der Waals surface area contributed by atoms with E-state index in [-0.39, 0.29) is 0 Å². The fraction of sp³-hybridized carbons (Fsp3) is 0.600. The van der Waals surface area contributed by atoms with Crippen molar-refractivity contribution in [1.29, 1.82) is 0 Å². The van der Waals surface area contributed by atoms with Crippen LogP contribution in [0.25, 0.3) is 0 Å². The molecule has 5 heteroatoms. The van der Waals surface area contributed by atoms with Crippen LogP contribution in [0.1, 0.15) is 54.7 Å². The third-order valence-corrected chi connectivity index (χ3v) is 3.81. The molecule has 0 saturated carbocycles. The summed E-state index contributed by atoms with van der Waals surface area (Å²) in [5, 5.41) is 7.61. The Hall–Kier alpha value is -1.62. The maximum absolute atomic E-state index is 5.48. The predicted octanol–water partition coefficient (Wildman–Crippen LogP) is 2.64. The number of oxazole rings is 1. The van der Waals surface area contributed by atoms with E-state index < -0.39 is 0 Å². The topological polar surface area (TPSA) is 58.0 Å². The molecular weight excluding hydrogens is 252 g/mol. The summed E-state index contributed by atoms with van der Waals surface area (Å²) in [6.45, 7) is 5.83. The first-order valence-electron chi connectivity index (χ1n) is 7.31. The number of rotatable bonds is 5. The Kier molecular flexibility index (Phi) is 3.61. The number of fused-ring (bicyclic) bond motifs is 1. The molecule has 0 fully saturated rings. The largest absolute Gasteiger partial charge is 0.448 e. The molecule has 0 aliphatic heterocycles. The molecule has 1 aliphatic carbocycles. The van der Waals surface area contributed by atoms with E-state index in [4.69, 9.17) is 4.42 Å². The van der Waals surface area contributed by atoms with E-state index >= 15 is 0 Å². The van der Waals surface area contributed by atoms with Gasteiger partial charge in [-0.25, -0.2) is 4.98 Å². The van der Waals surface area contributed by atoms with Gasteiger partial charge in [0.15, 0.2) is 5.89 Å². The SMILES string of the molecule is CC(C)c1nc(CN(C)Cc2n[nH]c3c2CCC3)co1. The molecule has 0 spiro atoms. The van der Waals surface area contributed by atoms with Crippen molar-refractivity contribution in [2.24, 2.45) is 0 Å². The van der Waals surface area contributed by atoms with Gasteiger partial charge < -0.3 is 4.42 Å². The average Bonchev–Trinajstić information content (AvgIpc) is 3.07. The fourth-order valence-electron chi connectivity index (χ4n) is 2.77. The number of aromatic nitrogens is 3. The molecule has 0 amide bonds. The zero-order chi connectivity index (χ0) is 14.1.